The van der Waals surface area contributed by atoms with Gasteiger partial charge in [-0.1, -0.05) is 18.2 Å². The summed E-state index contributed by atoms with van der Waals surface area (Å²) in [5, 5.41) is 4.13. The van der Waals surface area contributed by atoms with Gasteiger partial charge in [0.2, 0.25) is 0 Å². The van der Waals surface area contributed by atoms with E-state index in [0.29, 0.717) is 24.5 Å². The lowest BCUT2D eigenvalue weighted by molar-refractivity contribution is 0.0937. The normalized spacial score (nSPS) is 10.7. The van der Waals surface area contributed by atoms with Gasteiger partial charge in [0, 0.05) is 12.2 Å². The first-order valence-corrected chi connectivity index (χ1v) is 8.75. The summed E-state index contributed by atoms with van der Waals surface area (Å²) in [4.78, 5) is 17.2. The van der Waals surface area contributed by atoms with Crippen molar-refractivity contribution in [2.45, 2.75) is 6.92 Å². The van der Waals surface area contributed by atoms with E-state index < -0.39 is 11.7 Å². The Bertz CT molecular complexity index is 958. The van der Waals surface area contributed by atoms with Crippen LogP contribution in [0.25, 0.3) is 11.4 Å². The van der Waals surface area contributed by atoms with Crippen molar-refractivity contribution in [3.05, 3.63) is 59.9 Å². The van der Waals surface area contributed by atoms with Gasteiger partial charge >= 0.3 is 6.01 Å². The lowest BCUT2D eigenvalue weighted by Crippen LogP contribution is -2.16. The molecule has 1 aromatic heterocycles. The van der Waals surface area contributed by atoms with Gasteiger partial charge in [0.05, 0.1) is 19.3 Å². The van der Waals surface area contributed by atoms with Crippen molar-refractivity contribution in [3.63, 3.8) is 0 Å². The third-order valence-electron chi connectivity index (χ3n) is 3.87. The molecule has 0 aliphatic carbocycles. The Morgan fingerprint density at radius 1 is 1.14 bits per heavy atom. The van der Waals surface area contributed by atoms with Crippen molar-refractivity contribution >= 4 is 5.91 Å². The van der Waals surface area contributed by atoms with E-state index in [-0.39, 0.29) is 24.0 Å². The molecule has 3 aromatic rings. The van der Waals surface area contributed by atoms with E-state index in [0.717, 1.165) is 4.68 Å². The van der Waals surface area contributed by atoms with Crippen LogP contribution in [0.1, 0.15) is 17.3 Å². The fourth-order valence-corrected chi connectivity index (χ4v) is 2.53. The third-order valence-corrected chi connectivity index (χ3v) is 3.87. The molecular weight excluding hydrogens is 365 g/mol. The summed E-state index contributed by atoms with van der Waals surface area (Å²) in [6.07, 6.45) is 0. The summed E-state index contributed by atoms with van der Waals surface area (Å²) < 4.78 is 31.2. The Morgan fingerprint density at radius 3 is 2.71 bits per heavy atom. The Morgan fingerprint density at radius 2 is 1.96 bits per heavy atom. The maximum Gasteiger partial charge on any atom is 0.336 e. The quantitative estimate of drug-likeness (QED) is 0.555. The van der Waals surface area contributed by atoms with Crippen molar-refractivity contribution in [3.8, 4) is 23.1 Å². The van der Waals surface area contributed by atoms with Gasteiger partial charge in [0.15, 0.2) is 5.82 Å². The predicted molar refractivity (Wildman–Crippen MR) is 100 cm³/mol. The number of methoxy groups -OCH3 is 1. The smallest absolute Gasteiger partial charge is 0.336 e. The molecule has 0 saturated carbocycles. The van der Waals surface area contributed by atoms with Gasteiger partial charge in [-0.05, 0) is 37.3 Å². The minimum atomic E-state index is -0.518. The van der Waals surface area contributed by atoms with Crippen molar-refractivity contribution < 1.29 is 23.4 Å². The lowest BCUT2D eigenvalue weighted by Gasteiger charge is -2.06. The van der Waals surface area contributed by atoms with Crippen molar-refractivity contribution in [2.24, 2.45) is 0 Å². The average molecular weight is 385 g/mol. The molecular formula is C20H20FN3O4. The second-order valence-corrected chi connectivity index (χ2v) is 5.69. The van der Waals surface area contributed by atoms with Crippen LogP contribution in [-0.2, 0) is 4.74 Å². The number of carbonyl (C=O) groups excluding carboxylic acids is 1. The Balaban J connectivity index is 1.98. The van der Waals surface area contributed by atoms with Gasteiger partial charge < -0.3 is 14.2 Å². The zero-order chi connectivity index (χ0) is 19.9. The molecule has 0 atom stereocenters. The molecule has 0 bridgehead atoms. The first kappa shape index (κ1) is 19.5. The highest BCUT2D eigenvalue weighted by Gasteiger charge is 2.22. The number of halogens is 1. The van der Waals surface area contributed by atoms with Crippen LogP contribution in [0.5, 0.6) is 11.8 Å². The summed E-state index contributed by atoms with van der Waals surface area (Å²) in [7, 11) is 1.51. The van der Waals surface area contributed by atoms with Crippen molar-refractivity contribution in [2.75, 3.05) is 26.9 Å². The topological polar surface area (TPSA) is 75.5 Å². The molecule has 0 spiro atoms. The summed E-state index contributed by atoms with van der Waals surface area (Å²) in [6.45, 7) is 2.99. The van der Waals surface area contributed by atoms with Gasteiger partial charge in [-0.15, -0.1) is 5.10 Å². The van der Waals surface area contributed by atoms with E-state index in [4.69, 9.17) is 14.2 Å². The Hall–Kier alpha value is -3.26. The zero-order valence-corrected chi connectivity index (χ0v) is 15.6. The highest BCUT2D eigenvalue weighted by molar-refractivity contribution is 5.97. The number of rotatable bonds is 8. The molecule has 146 valence electrons. The number of aromatic nitrogens is 3. The average Bonchev–Trinajstić information content (AvgIpc) is 3.15. The molecule has 0 saturated heterocycles. The molecule has 0 unspecified atom stereocenters. The molecule has 3 rings (SSSR count). The van der Waals surface area contributed by atoms with E-state index in [1.165, 1.54) is 19.2 Å². The molecule has 2 aromatic carbocycles. The van der Waals surface area contributed by atoms with E-state index in [9.17, 15) is 9.18 Å². The van der Waals surface area contributed by atoms with Gasteiger partial charge in [0.1, 0.15) is 18.2 Å². The number of carbonyl (C=O) groups is 1. The van der Waals surface area contributed by atoms with Crippen LogP contribution in [0.2, 0.25) is 0 Å². The largest absolute Gasteiger partial charge is 0.497 e. The first-order valence-electron chi connectivity index (χ1n) is 8.75. The molecule has 0 N–H and O–H groups in total. The molecule has 0 radical (unpaired) electrons. The first-order chi connectivity index (χ1) is 13.6. The Kier molecular flexibility index (Phi) is 6.33. The molecule has 7 nitrogen and oxygen atoms in total. The number of hydrogen-bond donors (Lipinski definition) is 0. The third kappa shape index (κ3) is 4.34. The van der Waals surface area contributed by atoms with Gasteiger partial charge in [0.25, 0.3) is 5.91 Å². The molecule has 28 heavy (non-hydrogen) atoms. The van der Waals surface area contributed by atoms with Crippen LogP contribution < -0.4 is 9.47 Å². The summed E-state index contributed by atoms with van der Waals surface area (Å²) in [5.74, 6) is -0.427. The van der Waals surface area contributed by atoms with Crippen molar-refractivity contribution in [1.82, 2.24) is 14.8 Å². The minimum absolute atomic E-state index is 0.0331. The molecule has 0 aliphatic rings. The second-order valence-electron chi connectivity index (χ2n) is 5.69. The van der Waals surface area contributed by atoms with Crippen LogP contribution >= 0.6 is 0 Å². The van der Waals surface area contributed by atoms with E-state index >= 15 is 0 Å². The fourth-order valence-electron chi connectivity index (χ4n) is 2.53. The standard InChI is InChI=1S/C20H20FN3O4/c1-3-27-11-12-28-20-22-18(16-9-4-5-10-17(16)21)24(23-20)19(25)14-7-6-8-15(13-14)26-2/h4-10,13H,3,11-12H2,1-2H3. The maximum absolute atomic E-state index is 14.3. The zero-order valence-electron chi connectivity index (χ0n) is 15.6. The van der Waals surface area contributed by atoms with E-state index in [1.54, 1.807) is 36.4 Å². The fraction of sp³-hybridized carbons (Fsp3) is 0.250. The van der Waals surface area contributed by atoms with Crippen LogP contribution in [0.4, 0.5) is 4.39 Å². The summed E-state index contributed by atoms with van der Waals surface area (Å²) in [5.41, 5.74) is 0.466. The van der Waals surface area contributed by atoms with Gasteiger partial charge in [-0.2, -0.15) is 9.67 Å². The number of benzene rings is 2. The van der Waals surface area contributed by atoms with Crippen LogP contribution in [0, 0.1) is 5.82 Å². The minimum Gasteiger partial charge on any atom is -0.497 e. The second kappa shape index (κ2) is 9.09. The van der Waals surface area contributed by atoms with Crippen LogP contribution in [0.15, 0.2) is 48.5 Å². The van der Waals surface area contributed by atoms with Crippen molar-refractivity contribution in [1.29, 1.82) is 0 Å². The monoisotopic (exact) mass is 385 g/mol. The van der Waals surface area contributed by atoms with E-state index in [1.807, 2.05) is 6.92 Å². The molecule has 1 heterocycles. The molecule has 0 aliphatic heterocycles. The van der Waals surface area contributed by atoms with E-state index in [2.05, 4.69) is 10.1 Å². The molecule has 0 amide bonds. The maximum atomic E-state index is 14.3. The molecule has 8 heteroatoms. The van der Waals surface area contributed by atoms with Gasteiger partial charge in [-0.25, -0.2) is 4.39 Å². The number of nitrogens with zero attached hydrogens (tertiary/aromatic N) is 3. The number of ether oxygens (including phenoxy) is 3. The predicted octanol–water partition coefficient (Wildman–Crippen LogP) is 3.20. The van der Waals surface area contributed by atoms with Gasteiger partial charge in [-0.3, -0.25) is 4.79 Å². The van der Waals surface area contributed by atoms with Crippen LogP contribution in [-0.4, -0.2) is 47.6 Å². The highest BCUT2D eigenvalue weighted by Crippen LogP contribution is 2.24. The summed E-state index contributed by atoms with van der Waals surface area (Å²) >= 11 is 0. The Labute approximate surface area is 161 Å². The van der Waals surface area contributed by atoms with Crippen LogP contribution in [0.3, 0.4) is 0 Å². The highest BCUT2D eigenvalue weighted by atomic mass is 19.1. The number of hydrogen-bond acceptors (Lipinski definition) is 6. The lowest BCUT2D eigenvalue weighted by atomic mass is 10.1. The molecule has 0 fully saturated rings. The SMILES string of the molecule is CCOCCOc1nc(-c2ccccc2F)n(C(=O)c2cccc(OC)c2)n1. The summed E-state index contributed by atoms with van der Waals surface area (Å²) in [6, 6.07) is 12.6.